The molecule has 0 bridgehead atoms. The van der Waals surface area contributed by atoms with E-state index in [1.807, 2.05) is 13.8 Å². The molecular formula is C9H19NO2S. The molecule has 0 aromatic rings. The third-order valence-electron chi connectivity index (χ3n) is 2.01. The molecular weight excluding hydrogens is 186 g/mol. The van der Waals surface area contributed by atoms with Crippen LogP contribution in [0.2, 0.25) is 0 Å². The molecule has 4 heteroatoms. The lowest BCUT2D eigenvalue weighted by atomic mass is 10.3. The number of rotatable bonds is 6. The molecule has 3 nitrogen and oxygen atoms in total. The molecule has 78 valence electrons. The lowest BCUT2D eigenvalue weighted by Gasteiger charge is -2.07. The van der Waals surface area contributed by atoms with Crippen molar-refractivity contribution in [3.05, 3.63) is 0 Å². The Kier molecular flexibility index (Phi) is 3.74. The molecule has 0 heterocycles. The number of sulfone groups is 1. The van der Waals surface area contributed by atoms with Crippen LogP contribution in [0.15, 0.2) is 0 Å². The van der Waals surface area contributed by atoms with Crippen molar-refractivity contribution in [2.45, 2.75) is 32.7 Å². The molecule has 0 aromatic carbocycles. The average Bonchev–Trinajstić information content (AvgIpc) is 2.67. The Bertz CT molecular complexity index is 242. The summed E-state index contributed by atoms with van der Waals surface area (Å²) in [6.45, 7) is 4.50. The van der Waals surface area contributed by atoms with E-state index < -0.39 is 9.84 Å². The maximum atomic E-state index is 11.4. The van der Waals surface area contributed by atoms with Gasteiger partial charge in [-0.2, -0.15) is 0 Å². The van der Waals surface area contributed by atoms with E-state index in [9.17, 15) is 8.42 Å². The zero-order chi connectivity index (χ0) is 9.90. The van der Waals surface area contributed by atoms with Crippen LogP contribution < -0.4 is 5.32 Å². The fraction of sp³-hybridized carbons (Fsp3) is 1.00. The summed E-state index contributed by atoms with van der Waals surface area (Å²) in [6.07, 6.45) is 2.43. The second-order valence-corrected chi connectivity index (χ2v) is 6.47. The standard InChI is InChI=1S/C9H19NO2S/c1-8(2)7-13(11,12)6-5-10-9-3-4-9/h8-10H,3-7H2,1-2H3. The molecule has 1 fully saturated rings. The van der Waals surface area contributed by atoms with Gasteiger partial charge < -0.3 is 5.32 Å². The fourth-order valence-corrected chi connectivity index (χ4v) is 2.91. The van der Waals surface area contributed by atoms with Crippen molar-refractivity contribution in [3.63, 3.8) is 0 Å². The lowest BCUT2D eigenvalue weighted by Crippen LogP contribution is -2.27. The molecule has 0 saturated heterocycles. The first-order valence-corrected chi connectivity index (χ1v) is 6.75. The van der Waals surface area contributed by atoms with Gasteiger partial charge in [-0.15, -0.1) is 0 Å². The van der Waals surface area contributed by atoms with E-state index in [2.05, 4.69) is 5.32 Å². The van der Waals surface area contributed by atoms with Gasteiger partial charge >= 0.3 is 0 Å². The highest BCUT2D eigenvalue weighted by Crippen LogP contribution is 2.18. The maximum absolute atomic E-state index is 11.4. The van der Waals surface area contributed by atoms with Crippen LogP contribution in [0.1, 0.15) is 26.7 Å². The van der Waals surface area contributed by atoms with Gasteiger partial charge in [-0.25, -0.2) is 8.42 Å². The quantitative estimate of drug-likeness (QED) is 0.698. The van der Waals surface area contributed by atoms with Crippen LogP contribution in [0.3, 0.4) is 0 Å². The highest BCUT2D eigenvalue weighted by Gasteiger charge is 2.21. The van der Waals surface area contributed by atoms with Gasteiger partial charge in [0.15, 0.2) is 9.84 Å². The van der Waals surface area contributed by atoms with E-state index in [0.29, 0.717) is 24.1 Å². The number of hydrogen-bond donors (Lipinski definition) is 1. The topological polar surface area (TPSA) is 46.2 Å². The monoisotopic (exact) mass is 205 g/mol. The van der Waals surface area contributed by atoms with Gasteiger partial charge in [0.2, 0.25) is 0 Å². The normalized spacial score (nSPS) is 18.1. The van der Waals surface area contributed by atoms with Gasteiger partial charge in [-0.05, 0) is 18.8 Å². The van der Waals surface area contributed by atoms with Crippen LogP contribution in [-0.4, -0.2) is 32.5 Å². The molecule has 13 heavy (non-hydrogen) atoms. The summed E-state index contributed by atoms with van der Waals surface area (Å²) < 4.78 is 22.8. The smallest absolute Gasteiger partial charge is 0.151 e. The first kappa shape index (κ1) is 11.0. The highest BCUT2D eigenvalue weighted by molar-refractivity contribution is 7.91. The number of nitrogens with one attached hydrogen (secondary N) is 1. The van der Waals surface area contributed by atoms with Crippen LogP contribution >= 0.6 is 0 Å². The third kappa shape index (κ3) is 5.26. The van der Waals surface area contributed by atoms with Crippen LogP contribution in [0, 0.1) is 5.92 Å². The zero-order valence-electron chi connectivity index (χ0n) is 8.41. The van der Waals surface area contributed by atoms with Crippen molar-refractivity contribution >= 4 is 9.84 Å². The molecule has 1 N–H and O–H groups in total. The van der Waals surface area contributed by atoms with E-state index in [-0.39, 0.29) is 5.92 Å². The van der Waals surface area contributed by atoms with Gasteiger partial charge in [0.05, 0.1) is 11.5 Å². The van der Waals surface area contributed by atoms with E-state index in [1.54, 1.807) is 0 Å². The Balaban J connectivity index is 2.16. The first-order valence-electron chi connectivity index (χ1n) is 4.93. The minimum absolute atomic E-state index is 0.242. The first-order chi connectivity index (χ1) is 5.99. The van der Waals surface area contributed by atoms with Gasteiger partial charge in [0, 0.05) is 12.6 Å². The Morgan fingerprint density at radius 1 is 1.38 bits per heavy atom. The average molecular weight is 205 g/mol. The molecule has 1 saturated carbocycles. The second-order valence-electron chi connectivity index (χ2n) is 4.24. The van der Waals surface area contributed by atoms with Crippen LogP contribution in [0.4, 0.5) is 0 Å². The summed E-state index contributed by atoms with van der Waals surface area (Å²) in [5, 5.41) is 3.21. The summed E-state index contributed by atoms with van der Waals surface area (Å²) in [6, 6.07) is 0.606. The summed E-state index contributed by atoms with van der Waals surface area (Å²) >= 11 is 0. The molecule has 0 unspecified atom stereocenters. The van der Waals surface area contributed by atoms with Crippen molar-refractivity contribution in [1.82, 2.24) is 5.32 Å². The highest BCUT2D eigenvalue weighted by atomic mass is 32.2. The molecule has 0 amide bonds. The second kappa shape index (κ2) is 4.42. The largest absolute Gasteiger partial charge is 0.313 e. The maximum Gasteiger partial charge on any atom is 0.151 e. The van der Waals surface area contributed by atoms with Crippen molar-refractivity contribution in [1.29, 1.82) is 0 Å². The SMILES string of the molecule is CC(C)CS(=O)(=O)CCNC1CC1. The van der Waals surface area contributed by atoms with Gasteiger partial charge in [-0.1, -0.05) is 13.8 Å². The number of hydrogen-bond acceptors (Lipinski definition) is 3. The van der Waals surface area contributed by atoms with Crippen molar-refractivity contribution in [3.8, 4) is 0 Å². The third-order valence-corrected chi connectivity index (χ3v) is 4.01. The predicted octanol–water partition coefficient (Wildman–Crippen LogP) is 0.809. The van der Waals surface area contributed by atoms with Gasteiger partial charge in [-0.3, -0.25) is 0 Å². The van der Waals surface area contributed by atoms with E-state index in [0.717, 1.165) is 0 Å². The van der Waals surface area contributed by atoms with Crippen LogP contribution in [0.5, 0.6) is 0 Å². The molecule has 1 rings (SSSR count). The lowest BCUT2D eigenvalue weighted by molar-refractivity contribution is 0.577. The van der Waals surface area contributed by atoms with Gasteiger partial charge in [0.25, 0.3) is 0 Å². The van der Waals surface area contributed by atoms with Gasteiger partial charge in [0.1, 0.15) is 0 Å². The van der Waals surface area contributed by atoms with E-state index in [1.165, 1.54) is 12.8 Å². The molecule has 0 aliphatic heterocycles. The molecule has 0 aromatic heterocycles. The molecule has 0 atom stereocenters. The Morgan fingerprint density at radius 3 is 2.46 bits per heavy atom. The molecule has 1 aliphatic rings. The Morgan fingerprint density at radius 2 is 2.00 bits per heavy atom. The van der Waals surface area contributed by atoms with Crippen molar-refractivity contribution in [2.24, 2.45) is 5.92 Å². The minimum atomic E-state index is -2.81. The molecule has 0 radical (unpaired) electrons. The van der Waals surface area contributed by atoms with Crippen LogP contribution in [-0.2, 0) is 9.84 Å². The Hall–Kier alpha value is -0.0900. The predicted molar refractivity (Wildman–Crippen MR) is 54.5 cm³/mol. The van der Waals surface area contributed by atoms with E-state index >= 15 is 0 Å². The summed E-state index contributed by atoms with van der Waals surface area (Å²) in [7, 11) is -2.81. The van der Waals surface area contributed by atoms with E-state index in [4.69, 9.17) is 0 Å². The molecule has 1 aliphatic carbocycles. The van der Waals surface area contributed by atoms with Crippen molar-refractivity contribution in [2.75, 3.05) is 18.1 Å². The zero-order valence-corrected chi connectivity index (χ0v) is 9.23. The Labute approximate surface area is 80.8 Å². The summed E-state index contributed by atoms with van der Waals surface area (Å²) in [5.74, 6) is 0.854. The summed E-state index contributed by atoms with van der Waals surface area (Å²) in [4.78, 5) is 0. The summed E-state index contributed by atoms with van der Waals surface area (Å²) in [5.41, 5.74) is 0. The van der Waals surface area contributed by atoms with Crippen LogP contribution in [0.25, 0.3) is 0 Å². The minimum Gasteiger partial charge on any atom is -0.313 e. The fourth-order valence-electron chi connectivity index (χ4n) is 1.30. The van der Waals surface area contributed by atoms with Crippen molar-refractivity contribution < 1.29 is 8.42 Å². The molecule has 0 spiro atoms.